The second kappa shape index (κ2) is 8.38. The van der Waals surface area contributed by atoms with Gasteiger partial charge in [0.05, 0.1) is 0 Å². The highest BCUT2D eigenvalue weighted by Crippen LogP contribution is 2.42. The zero-order valence-corrected chi connectivity index (χ0v) is 14.6. The maximum atomic E-state index is 6.36. The molecule has 2 atom stereocenters. The van der Waals surface area contributed by atoms with Crippen LogP contribution in [-0.4, -0.2) is 30.1 Å². The van der Waals surface area contributed by atoms with Gasteiger partial charge in [0.15, 0.2) is 0 Å². The van der Waals surface area contributed by atoms with Gasteiger partial charge < -0.3 is 5.73 Å². The molecule has 0 aromatic rings. The Kier molecular flexibility index (Phi) is 7.53. The Bertz CT molecular complexity index is 260. The van der Waals surface area contributed by atoms with Gasteiger partial charge in [-0.05, 0) is 37.1 Å². The van der Waals surface area contributed by atoms with E-state index in [1.807, 2.05) is 0 Å². The molecule has 0 aromatic carbocycles. The first-order chi connectivity index (χ1) is 9.55. The van der Waals surface area contributed by atoms with Crippen LogP contribution >= 0.6 is 0 Å². The van der Waals surface area contributed by atoms with Crippen LogP contribution in [0, 0.1) is 17.8 Å². The first-order valence-corrected chi connectivity index (χ1v) is 9.00. The van der Waals surface area contributed by atoms with Crippen molar-refractivity contribution in [3.05, 3.63) is 0 Å². The Morgan fingerprint density at radius 3 is 2.25 bits per heavy atom. The molecule has 2 heteroatoms. The van der Waals surface area contributed by atoms with E-state index in [0.29, 0.717) is 0 Å². The Labute approximate surface area is 127 Å². The van der Waals surface area contributed by atoms with Crippen LogP contribution in [0.25, 0.3) is 0 Å². The Morgan fingerprint density at radius 1 is 1.15 bits per heavy atom. The summed E-state index contributed by atoms with van der Waals surface area (Å²) in [6, 6.07) is 0. The number of likely N-dealkylation sites (N-methyl/N-ethyl adjacent to an activating group) is 1. The fourth-order valence-electron chi connectivity index (χ4n) is 4.46. The molecule has 2 nitrogen and oxygen atoms in total. The molecule has 0 heterocycles. The summed E-state index contributed by atoms with van der Waals surface area (Å²) in [5.41, 5.74) is 6.63. The summed E-state index contributed by atoms with van der Waals surface area (Å²) in [5.74, 6) is 2.35. The first-order valence-electron chi connectivity index (χ1n) is 9.00. The molecule has 1 saturated carbocycles. The summed E-state index contributed by atoms with van der Waals surface area (Å²) in [7, 11) is 0. The van der Waals surface area contributed by atoms with E-state index < -0.39 is 0 Å². The molecule has 2 N–H and O–H groups in total. The van der Waals surface area contributed by atoms with Crippen molar-refractivity contribution >= 4 is 0 Å². The van der Waals surface area contributed by atoms with Gasteiger partial charge in [0.25, 0.3) is 0 Å². The second-order valence-corrected chi connectivity index (χ2v) is 7.13. The van der Waals surface area contributed by atoms with Crippen molar-refractivity contribution in [3.63, 3.8) is 0 Å². The van der Waals surface area contributed by atoms with Gasteiger partial charge in [0.2, 0.25) is 0 Å². The van der Waals surface area contributed by atoms with Gasteiger partial charge in [-0.2, -0.15) is 0 Å². The van der Waals surface area contributed by atoms with Crippen LogP contribution in [0.15, 0.2) is 0 Å². The summed E-state index contributed by atoms with van der Waals surface area (Å²) >= 11 is 0. The van der Waals surface area contributed by atoms with Crippen LogP contribution in [0.1, 0.15) is 73.1 Å². The largest absolute Gasteiger partial charge is 0.329 e. The number of hydrogen-bond acceptors (Lipinski definition) is 2. The van der Waals surface area contributed by atoms with Crippen molar-refractivity contribution in [2.24, 2.45) is 23.5 Å². The van der Waals surface area contributed by atoms with E-state index in [0.717, 1.165) is 30.8 Å². The molecular formula is C18H38N2. The average molecular weight is 283 g/mol. The molecule has 1 aliphatic carbocycles. The number of hydrogen-bond donors (Lipinski definition) is 1. The molecule has 1 rings (SSSR count). The smallest absolute Gasteiger partial charge is 0.0362 e. The minimum absolute atomic E-state index is 0.268. The van der Waals surface area contributed by atoms with Gasteiger partial charge in [-0.25, -0.2) is 0 Å². The van der Waals surface area contributed by atoms with Crippen LogP contribution in [0.4, 0.5) is 0 Å². The highest BCUT2D eigenvalue weighted by molar-refractivity contribution is 5.01. The molecule has 120 valence electrons. The van der Waals surface area contributed by atoms with Crippen molar-refractivity contribution in [3.8, 4) is 0 Å². The van der Waals surface area contributed by atoms with E-state index >= 15 is 0 Å². The van der Waals surface area contributed by atoms with E-state index in [9.17, 15) is 0 Å². The highest BCUT2D eigenvalue weighted by Gasteiger charge is 2.45. The van der Waals surface area contributed by atoms with Gasteiger partial charge in [-0.15, -0.1) is 0 Å². The van der Waals surface area contributed by atoms with Crippen LogP contribution in [0.5, 0.6) is 0 Å². The fourth-order valence-corrected chi connectivity index (χ4v) is 4.46. The number of rotatable bonds is 8. The van der Waals surface area contributed by atoms with E-state index in [1.54, 1.807) is 0 Å². The zero-order chi connectivity index (χ0) is 15.2. The highest BCUT2D eigenvalue weighted by atomic mass is 15.2. The molecule has 0 amide bonds. The predicted molar refractivity (Wildman–Crippen MR) is 89.9 cm³/mol. The maximum Gasteiger partial charge on any atom is 0.0362 e. The van der Waals surface area contributed by atoms with Crippen LogP contribution in [0.2, 0.25) is 0 Å². The molecule has 0 saturated heterocycles. The third-order valence-electron chi connectivity index (χ3n) is 5.87. The number of nitrogens with two attached hydrogens (primary N) is 1. The molecule has 1 fully saturated rings. The first kappa shape index (κ1) is 18.0. The van der Waals surface area contributed by atoms with Crippen LogP contribution in [0.3, 0.4) is 0 Å². The van der Waals surface area contributed by atoms with E-state index in [-0.39, 0.29) is 5.54 Å². The fraction of sp³-hybridized carbons (Fsp3) is 1.00. The van der Waals surface area contributed by atoms with Gasteiger partial charge in [-0.3, -0.25) is 4.90 Å². The summed E-state index contributed by atoms with van der Waals surface area (Å²) in [4.78, 5) is 2.76. The molecule has 0 aromatic heterocycles. The van der Waals surface area contributed by atoms with Gasteiger partial charge >= 0.3 is 0 Å². The van der Waals surface area contributed by atoms with E-state index in [4.69, 9.17) is 5.73 Å². The van der Waals surface area contributed by atoms with E-state index in [1.165, 1.54) is 45.1 Å². The second-order valence-electron chi connectivity index (χ2n) is 7.13. The standard InChI is InChI=1S/C18H38N2/c1-6-16(7-2)13-20(8-3)18(14-19)12-10-9-11-17(18)15(4)5/h15-17H,6-14,19H2,1-5H3. The summed E-state index contributed by atoms with van der Waals surface area (Å²) in [5, 5.41) is 0. The monoisotopic (exact) mass is 282 g/mol. The topological polar surface area (TPSA) is 29.3 Å². The third kappa shape index (κ3) is 3.76. The van der Waals surface area contributed by atoms with Gasteiger partial charge in [0.1, 0.15) is 0 Å². The quantitative estimate of drug-likeness (QED) is 0.719. The molecule has 2 unspecified atom stereocenters. The normalized spacial score (nSPS) is 27.8. The zero-order valence-electron chi connectivity index (χ0n) is 14.6. The molecular weight excluding hydrogens is 244 g/mol. The lowest BCUT2D eigenvalue weighted by Gasteiger charge is -2.53. The van der Waals surface area contributed by atoms with Crippen molar-refractivity contribution < 1.29 is 0 Å². The van der Waals surface area contributed by atoms with Crippen LogP contribution < -0.4 is 5.73 Å². The Hall–Kier alpha value is -0.0800. The van der Waals surface area contributed by atoms with Crippen molar-refractivity contribution in [2.75, 3.05) is 19.6 Å². The predicted octanol–water partition coefficient (Wildman–Crippen LogP) is 4.29. The molecule has 0 spiro atoms. The van der Waals surface area contributed by atoms with Crippen molar-refractivity contribution in [1.82, 2.24) is 4.90 Å². The molecule has 1 aliphatic rings. The Balaban J connectivity index is 2.96. The summed E-state index contributed by atoms with van der Waals surface area (Å²) in [6.07, 6.45) is 8.02. The SMILES string of the molecule is CCC(CC)CN(CC)C1(CN)CCCCC1C(C)C. The summed E-state index contributed by atoms with van der Waals surface area (Å²) < 4.78 is 0. The van der Waals surface area contributed by atoms with Crippen LogP contribution in [-0.2, 0) is 0 Å². The lowest BCUT2D eigenvalue weighted by atomic mass is 9.66. The molecule has 0 radical (unpaired) electrons. The lowest BCUT2D eigenvalue weighted by Crippen LogP contribution is -2.62. The number of nitrogens with zero attached hydrogens (tertiary/aromatic N) is 1. The maximum absolute atomic E-state index is 6.36. The average Bonchev–Trinajstić information content (AvgIpc) is 2.48. The van der Waals surface area contributed by atoms with Crippen molar-refractivity contribution in [2.45, 2.75) is 78.7 Å². The Morgan fingerprint density at radius 2 is 1.80 bits per heavy atom. The molecule has 20 heavy (non-hydrogen) atoms. The van der Waals surface area contributed by atoms with Gasteiger partial charge in [-0.1, -0.05) is 60.3 Å². The summed E-state index contributed by atoms with van der Waals surface area (Å²) in [6.45, 7) is 15.0. The molecule has 0 aliphatic heterocycles. The lowest BCUT2D eigenvalue weighted by molar-refractivity contribution is -0.0203. The molecule has 0 bridgehead atoms. The van der Waals surface area contributed by atoms with Gasteiger partial charge in [0, 0.05) is 18.6 Å². The van der Waals surface area contributed by atoms with Crippen molar-refractivity contribution in [1.29, 1.82) is 0 Å². The third-order valence-corrected chi connectivity index (χ3v) is 5.87. The van der Waals surface area contributed by atoms with E-state index in [2.05, 4.69) is 39.5 Å². The minimum Gasteiger partial charge on any atom is -0.329 e. The minimum atomic E-state index is 0.268.